The highest BCUT2D eigenvalue weighted by Crippen LogP contribution is 2.35. The van der Waals surface area contributed by atoms with E-state index in [4.69, 9.17) is 17.3 Å². The van der Waals surface area contributed by atoms with Gasteiger partial charge in [0.2, 0.25) is 0 Å². The van der Waals surface area contributed by atoms with E-state index in [0.29, 0.717) is 0 Å². The molecule has 21 heavy (non-hydrogen) atoms. The lowest BCUT2D eigenvalue weighted by Gasteiger charge is -2.27. The van der Waals surface area contributed by atoms with E-state index in [0.717, 1.165) is 35.8 Å². The maximum absolute atomic E-state index is 6.50. The van der Waals surface area contributed by atoms with E-state index in [9.17, 15) is 0 Å². The molecule has 0 fully saturated rings. The van der Waals surface area contributed by atoms with Crippen molar-refractivity contribution in [2.24, 2.45) is 5.73 Å². The molecule has 1 atom stereocenters. The molecule has 3 heteroatoms. The van der Waals surface area contributed by atoms with Gasteiger partial charge in [-0.2, -0.15) is 0 Å². The van der Waals surface area contributed by atoms with Crippen LogP contribution in [0.4, 0.5) is 11.4 Å². The minimum atomic E-state index is 0.164. The molecule has 2 nitrogen and oxygen atoms in total. The Morgan fingerprint density at radius 1 is 1.05 bits per heavy atom. The summed E-state index contributed by atoms with van der Waals surface area (Å²) in [4.78, 5) is 2.25. The standard InChI is InChI=1S/C18H23ClN2/c1-3-15(20)13-14-9-8-12-17(19)18(14)21(4-2)16-10-6-5-7-11-16/h5-12,15H,3-4,13,20H2,1-2H3. The van der Waals surface area contributed by atoms with Gasteiger partial charge in [-0.25, -0.2) is 0 Å². The fourth-order valence-electron chi connectivity index (χ4n) is 2.53. The Morgan fingerprint density at radius 3 is 2.38 bits per heavy atom. The van der Waals surface area contributed by atoms with Gasteiger partial charge in [-0.1, -0.05) is 48.9 Å². The third kappa shape index (κ3) is 3.78. The third-order valence-corrected chi connectivity index (χ3v) is 4.04. The Bertz CT molecular complexity index is 569. The first-order valence-electron chi connectivity index (χ1n) is 7.52. The van der Waals surface area contributed by atoms with Crippen LogP contribution >= 0.6 is 11.6 Å². The first kappa shape index (κ1) is 15.9. The molecule has 2 aromatic carbocycles. The minimum absolute atomic E-state index is 0.164. The molecule has 0 amide bonds. The van der Waals surface area contributed by atoms with E-state index in [1.165, 1.54) is 5.56 Å². The molecule has 0 saturated carbocycles. The zero-order chi connectivity index (χ0) is 15.2. The summed E-state index contributed by atoms with van der Waals surface area (Å²) in [5.74, 6) is 0. The van der Waals surface area contributed by atoms with E-state index < -0.39 is 0 Å². The summed E-state index contributed by atoms with van der Waals surface area (Å²) in [5, 5.41) is 0.779. The minimum Gasteiger partial charge on any atom is -0.340 e. The molecule has 2 aromatic rings. The molecule has 2 N–H and O–H groups in total. The van der Waals surface area contributed by atoms with Gasteiger partial charge in [-0.3, -0.25) is 0 Å². The summed E-state index contributed by atoms with van der Waals surface area (Å²) in [6, 6.07) is 16.6. The van der Waals surface area contributed by atoms with Crippen LogP contribution in [0.25, 0.3) is 0 Å². The molecule has 0 bridgehead atoms. The smallest absolute Gasteiger partial charge is 0.0645 e. The van der Waals surface area contributed by atoms with Gasteiger partial charge in [0.15, 0.2) is 0 Å². The highest BCUT2D eigenvalue weighted by atomic mass is 35.5. The molecule has 1 unspecified atom stereocenters. The lowest BCUT2D eigenvalue weighted by molar-refractivity contribution is 0.646. The number of nitrogens with two attached hydrogens (primary N) is 1. The number of halogens is 1. The molecule has 2 rings (SSSR count). The molecule has 0 aliphatic heterocycles. The van der Waals surface area contributed by atoms with Crippen LogP contribution in [-0.2, 0) is 6.42 Å². The second kappa shape index (κ2) is 7.48. The van der Waals surface area contributed by atoms with Crippen LogP contribution in [0.5, 0.6) is 0 Å². The first-order chi connectivity index (χ1) is 10.2. The van der Waals surface area contributed by atoms with Gasteiger partial charge in [-0.15, -0.1) is 0 Å². The predicted octanol–water partition coefficient (Wildman–Crippen LogP) is 4.78. The lowest BCUT2D eigenvalue weighted by atomic mass is 10.0. The highest BCUT2D eigenvalue weighted by molar-refractivity contribution is 6.33. The van der Waals surface area contributed by atoms with E-state index in [1.54, 1.807) is 0 Å². The molecule has 0 spiro atoms. The summed E-state index contributed by atoms with van der Waals surface area (Å²) in [6.07, 6.45) is 1.80. The summed E-state index contributed by atoms with van der Waals surface area (Å²) in [5.41, 5.74) is 9.59. The molecule has 0 aromatic heterocycles. The van der Waals surface area contributed by atoms with Gasteiger partial charge in [0.1, 0.15) is 0 Å². The second-order valence-corrected chi connectivity index (χ2v) is 5.61. The molecule has 0 saturated heterocycles. The van der Waals surface area contributed by atoms with Crippen molar-refractivity contribution in [2.75, 3.05) is 11.4 Å². The Kier molecular flexibility index (Phi) is 5.66. The normalized spacial score (nSPS) is 12.2. The largest absolute Gasteiger partial charge is 0.340 e. The van der Waals surface area contributed by atoms with Crippen LogP contribution in [0.3, 0.4) is 0 Å². The van der Waals surface area contributed by atoms with Crippen LogP contribution in [0.15, 0.2) is 48.5 Å². The quantitative estimate of drug-likeness (QED) is 0.832. The molecule has 112 valence electrons. The van der Waals surface area contributed by atoms with Crippen LogP contribution < -0.4 is 10.6 Å². The summed E-state index contributed by atoms with van der Waals surface area (Å²) in [7, 11) is 0. The SMILES string of the molecule is CCC(N)Cc1cccc(Cl)c1N(CC)c1ccccc1. The van der Waals surface area contributed by atoms with Gasteiger partial charge in [0.05, 0.1) is 10.7 Å². The summed E-state index contributed by atoms with van der Waals surface area (Å²) in [6.45, 7) is 5.12. The molecule has 0 aliphatic rings. The van der Waals surface area contributed by atoms with E-state index in [2.05, 4.69) is 36.9 Å². The van der Waals surface area contributed by atoms with Crippen LogP contribution in [0.1, 0.15) is 25.8 Å². The number of nitrogens with zero attached hydrogens (tertiary/aromatic N) is 1. The second-order valence-electron chi connectivity index (χ2n) is 5.20. The van der Waals surface area contributed by atoms with Crippen LogP contribution in [-0.4, -0.2) is 12.6 Å². The number of rotatable bonds is 6. The van der Waals surface area contributed by atoms with E-state index in [-0.39, 0.29) is 6.04 Å². The van der Waals surface area contributed by atoms with Crippen molar-refractivity contribution in [2.45, 2.75) is 32.7 Å². The van der Waals surface area contributed by atoms with Gasteiger partial charge < -0.3 is 10.6 Å². The van der Waals surface area contributed by atoms with E-state index >= 15 is 0 Å². The van der Waals surface area contributed by atoms with Gasteiger partial charge in [-0.05, 0) is 43.5 Å². The molecular weight excluding hydrogens is 280 g/mol. The van der Waals surface area contributed by atoms with Gasteiger partial charge >= 0.3 is 0 Å². The maximum atomic E-state index is 6.50. The van der Waals surface area contributed by atoms with Crippen molar-refractivity contribution in [3.8, 4) is 0 Å². The van der Waals surface area contributed by atoms with Crippen molar-refractivity contribution in [3.63, 3.8) is 0 Å². The summed E-state index contributed by atoms with van der Waals surface area (Å²) < 4.78 is 0. The summed E-state index contributed by atoms with van der Waals surface area (Å²) >= 11 is 6.50. The topological polar surface area (TPSA) is 29.3 Å². The third-order valence-electron chi connectivity index (χ3n) is 3.73. The average molecular weight is 303 g/mol. The van der Waals surface area contributed by atoms with Crippen molar-refractivity contribution in [1.82, 2.24) is 0 Å². The Labute approximate surface area is 132 Å². The maximum Gasteiger partial charge on any atom is 0.0645 e. The monoisotopic (exact) mass is 302 g/mol. The molecule has 0 heterocycles. The molecule has 0 radical (unpaired) electrons. The van der Waals surface area contributed by atoms with Crippen molar-refractivity contribution in [1.29, 1.82) is 0 Å². The number of hydrogen-bond acceptors (Lipinski definition) is 2. The Morgan fingerprint density at radius 2 is 1.76 bits per heavy atom. The van der Waals surface area contributed by atoms with Crippen molar-refractivity contribution >= 4 is 23.0 Å². The van der Waals surface area contributed by atoms with Crippen molar-refractivity contribution < 1.29 is 0 Å². The zero-order valence-corrected chi connectivity index (χ0v) is 13.5. The van der Waals surface area contributed by atoms with Crippen LogP contribution in [0.2, 0.25) is 5.02 Å². The molecule has 0 aliphatic carbocycles. The van der Waals surface area contributed by atoms with Crippen molar-refractivity contribution in [3.05, 3.63) is 59.1 Å². The number of benzene rings is 2. The Balaban J connectivity index is 2.45. The number of anilines is 2. The van der Waals surface area contributed by atoms with Gasteiger partial charge in [0.25, 0.3) is 0 Å². The number of para-hydroxylation sites is 2. The van der Waals surface area contributed by atoms with Crippen LogP contribution in [0, 0.1) is 0 Å². The molecular formula is C18H23ClN2. The van der Waals surface area contributed by atoms with Gasteiger partial charge in [0, 0.05) is 18.3 Å². The fraction of sp³-hybridized carbons (Fsp3) is 0.333. The lowest BCUT2D eigenvalue weighted by Crippen LogP contribution is -2.24. The highest BCUT2D eigenvalue weighted by Gasteiger charge is 2.16. The number of hydrogen-bond donors (Lipinski definition) is 1. The van der Waals surface area contributed by atoms with E-state index in [1.807, 2.05) is 30.3 Å². The Hall–Kier alpha value is -1.51. The predicted molar refractivity (Wildman–Crippen MR) is 92.5 cm³/mol. The zero-order valence-electron chi connectivity index (χ0n) is 12.7. The fourth-order valence-corrected chi connectivity index (χ4v) is 2.83. The first-order valence-corrected chi connectivity index (χ1v) is 7.90. The average Bonchev–Trinajstić information content (AvgIpc) is 2.51.